The second kappa shape index (κ2) is 8.12. The van der Waals surface area contributed by atoms with Crippen LogP contribution in [0.25, 0.3) is 10.9 Å². The summed E-state index contributed by atoms with van der Waals surface area (Å²) in [5, 5.41) is 2.62. The van der Waals surface area contributed by atoms with Crippen molar-refractivity contribution in [3.63, 3.8) is 0 Å². The number of halogens is 5. The third-order valence-electron chi connectivity index (χ3n) is 5.61. The Bertz CT molecular complexity index is 1480. The van der Waals surface area contributed by atoms with E-state index in [9.17, 15) is 34.4 Å². The van der Waals surface area contributed by atoms with Crippen molar-refractivity contribution >= 4 is 48.4 Å². The summed E-state index contributed by atoms with van der Waals surface area (Å²) in [5.74, 6) is -1.27. The zero-order valence-electron chi connectivity index (χ0n) is 17.8. The summed E-state index contributed by atoms with van der Waals surface area (Å²) in [6, 6.07) is 0.754. The average Bonchev–Trinajstić information content (AvgIpc) is 3.44. The maximum atomic E-state index is 14.2. The summed E-state index contributed by atoms with van der Waals surface area (Å²) in [5.41, 5.74) is -0.368. The lowest BCUT2D eigenvalue weighted by Crippen LogP contribution is -2.41. The summed E-state index contributed by atoms with van der Waals surface area (Å²) >= 11 is 6.14. The third-order valence-corrected chi connectivity index (χ3v) is 9.48. The maximum absolute atomic E-state index is 14.2. The van der Waals surface area contributed by atoms with Crippen LogP contribution in [0.4, 0.5) is 23.4 Å². The molecule has 2 aromatic heterocycles. The van der Waals surface area contributed by atoms with E-state index in [2.05, 4.69) is 5.10 Å². The van der Waals surface area contributed by atoms with Crippen LogP contribution in [0.1, 0.15) is 26.7 Å². The third kappa shape index (κ3) is 3.94. The topological polar surface area (TPSA) is 94.3 Å². The minimum absolute atomic E-state index is 0.0624. The smallest absolute Gasteiger partial charge is 0.342 e. The van der Waals surface area contributed by atoms with E-state index in [4.69, 9.17) is 11.6 Å². The van der Waals surface area contributed by atoms with Crippen LogP contribution in [0.15, 0.2) is 35.5 Å². The molecule has 0 radical (unpaired) electrons. The first-order chi connectivity index (χ1) is 15.7. The Morgan fingerprint density at radius 1 is 1.18 bits per heavy atom. The van der Waals surface area contributed by atoms with E-state index in [1.165, 1.54) is 13.8 Å². The zero-order chi connectivity index (χ0) is 25.2. The molecular weight excluding hydrogens is 524 g/mol. The Balaban J connectivity index is 1.93. The molecule has 8 nitrogen and oxygen atoms in total. The fourth-order valence-corrected chi connectivity index (χ4v) is 6.48. The molecule has 0 aliphatic carbocycles. The highest BCUT2D eigenvalue weighted by Gasteiger charge is 2.47. The molecule has 1 unspecified atom stereocenters. The quantitative estimate of drug-likeness (QED) is 0.453. The number of fused-ring (bicyclic) bond motifs is 1. The minimum Gasteiger partial charge on any atom is -0.342 e. The summed E-state index contributed by atoms with van der Waals surface area (Å²) in [7, 11) is -8.52. The monoisotopic (exact) mass is 542 g/mol. The number of benzene rings is 1. The highest BCUT2D eigenvalue weighted by Crippen LogP contribution is 2.41. The van der Waals surface area contributed by atoms with Gasteiger partial charge >= 0.3 is 6.18 Å². The number of hydrogen-bond donors (Lipinski definition) is 0. The van der Waals surface area contributed by atoms with Crippen LogP contribution < -0.4 is 4.90 Å². The van der Waals surface area contributed by atoms with E-state index in [0.717, 1.165) is 39.5 Å². The molecule has 1 atom stereocenters. The van der Waals surface area contributed by atoms with Crippen molar-refractivity contribution in [2.45, 2.75) is 49.1 Å². The first-order valence-corrected chi connectivity index (χ1v) is 13.4. The molecule has 1 fully saturated rings. The Morgan fingerprint density at radius 2 is 1.85 bits per heavy atom. The van der Waals surface area contributed by atoms with Gasteiger partial charge in [-0.15, -0.1) is 5.10 Å². The predicted molar refractivity (Wildman–Crippen MR) is 118 cm³/mol. The van der Waals surface area contributed by atoms with Gasteiger partial charge in [-0.05, 0) is 38.8 Å². The van der Waals surface area contributed by atoms with Crippen molar-refractivity contribution in [1.29, 1.82) is 0 Å². The van der Waals surface area contributed by atoms with Crippen LogP contribution in [0.5, 0.6) is 0 Å². The maximum Gasteiger partial charge on any atom is 0.408 e. The first-order valence-electron chi connectivity index (χ1n) is 10.0. The SMILES string of the molecule is CC(C)S(=O)(=O)n1ccc(S(=O)(=O)n2nc(N3CCCC3C(F)(F)F)c3c(Cl)cc(F)cc32)c1. The minimum atomic E-state index is -4.64. The molecule has 186 valence electrons. The molecule has 1 aromatic carbocycles. The molecule has 0 amide bonds. The second-order valence-electron chi connectivity index (χ2n) is 8.12. The Kier molecular flexibility index (Phi) is 5.92. The Labute approximate surface area is 197 Å². The van der Waals surface area contributed by atoms with Crippen LogP contribution in [0.2, 0.25) is 5.02 Å². The molecule has 1 saturated heterocycles. The molecule has 0 spiro atoms. The molecule has 0 N–H and O–H groups in total. The number of alkyl halides is 3. The molecule has 15 heteroatoms. The molecule has 0 bridgehead atoms. The van der Waals surface area contributed by atoms with Crippen LogP contribution in [-0.2, 0) is 20.0 Å². The van der Waals surface area contributed by atoms with Crippen molar-refractivity contribution < 1.29 is 34.4 Å². The average molecular weight is 543 g/mol. The highest BCUT2D eigenvalue weighted by atomic mass is 35.5. The molecule has 34 heavy (non-hydrogen) atoms. The van der Waals surface area contributed by atoms with Gasteiger partial charge in [0, 0.05) is 25.0 Å². The molecule has 1 aliphatic rings. The molecule has 0 saturated carbocycles. The van der Waals surface area contributed by atoms with Gasteiger partial charge in [0.25, 0.3) is 10.0 Å². The lowest BCUT2D eigenvalue weighted by Gasteiger charge is -2.26. The lowest BCUT2D eigenvalue weighted by molar-refractivity contribution is -0.146. The van der Waals surface area contributed by atoms with E-state index in [1.54, 1.807) is 0 Å². The molecule has 3 aromatic rings. The number of nitrogens with zero attached hydrogens (tertiary/aromatic N) is 4. The molecule has 4 rings (SSSR count). The Morgan fingerprint density at radius 3 is 2.47 bits per heavy atom. The van der Waals surface area contributed by atoms with Gasteiger partial charge in [-0.3, -0.25) is 3.97 Å². The van der Waals surface area contributed by atoms with Gasteiger partial charge in [0.05, 0.1) is 21.2 Å². The van der Waals surface area contributed by atoms with E-state index < -0.39 is 48.2 Å². The highest BCUT2D eigenvalue weighted by molar-refractivity contribution is 7.91. The van der Waals surface area contributed by atoms with E-state index in [-0.39, 0.29) is 41.1 Å². The van der Waals surface area contributed by atoms with Gasteiger partial charge < -0.3 is 4.90 Å². The predicted octanol–water partition coefficient (Wildman–Crippen LogP) is 3.98. The van der Waals surface area contributed by atoms with Gasteiger partial charge in [-0.25, -0.2) is 12.8 Å². The molecular formula is C19H19ClF4N4O4S2. The van der Waals surface area contributed by atoms with Crippen molar-refractivity contribution in [3.05, 3.63) is 41.4 Å². The molecule has 3 heterocycles. The van der Waals surface area contributed by atoms with Crippen molar-refractivity contribution in [2.24, 2.45) is 0 Å². The lowest BCUT2D eigenvalue weighted by atomic mass is 10.2. The van der Waals surface area contributed by atoms with Gasteiger partial charge in [-0.2, -0.15) is 25.7 Å². The van der Waals surface area contributed by atoms with Crippen LogP contribution in [0.3, 0.4) is 0 Å². The van der Waals surface area contributed by atoms with Crippen LogP contribution >= 0.6 is 11.6 Å². The Hall–Kier alpha value is -2.32. The number of hydrogen-bond acceptors (Lipinski definition) is 6. The zero-order valence-corrected chi connectivity index (χ0v) is 20.2. The van der Waals surface area contributed by atoms with Gasteiger partial charge in [-0.1, -0.05) is 11.6 Å². The number of anilines is 1. The van der Waals surface area contributed by atoms with Gasteiger partial charge in [0.1, 0.15) is 16.8 Å². The van der Waals surface area contributed by atoms with Gasteiger partial charge in [0.15, 0.2) is 5.82 Å². The summed E-state index contributed by atoms with van der Waals surface area (Å²) < 4.78 is 108. The van der Waals surface area contributed by atoms with E-state index in [1.807, 2.05) is 0 Å². The fraction of sp³-hybridized carbons (Fsp3) is 0.421. The van der Waals surface area contributed by atoms with Crippen LogP contribution in [0, 0.1) is 5.82 Å². The number of rotatable bonds is 5. The summed E-state index contributed by atoms with van der Waals surface area (Å²) in [6.07, 6.45) is -2.77. The first kappa shape index (κ1) is 24.8. The second-order valence-corrected chi connectivity index (χ2v) is 12.7. The van der Waals surface area contributed by atoms with E-state index >= 15 is 0 Å². The van der Waals surface area contributed by atoms with Crippen LogP contribution in [-0.4, -0.2) is 54.0 Å². The fourth-order valence-electron chi connectivity index (χ4n) is 3.88. The van der Waals surface area contributed by atoms with Crippen molar-refractivity contribution in [3.8, 4) is 0 Å². The van der Waals surface area contributed by atoms with Crippen molar-refractivity contribution in [1.82, 2.24) is 13.2 Å². The summed E-state index contributed by atoms with van der Waals surface area (Å²) in [4.78, 5) is 0.411. The largest absolute Gasteiger partial charge is 0.408 e. The van der Waals surface area contributed by atoms with E-state index in [0.29, 0.717) is 4.09 Å². The van der Waals surface area contributed by atoms with Gasteiger partial charge in [0.2, 0.25) is 10.0 Å². The standard InChI is InChI=1S/C19H19ClF4N4O4S2/c1-11(2)33(29,30)26-7-5-13(10-26)34(31,32)28-15-9-12(21)8-14(20)17(15)18(25-28)27-6-3-4-16(27)19(22,23)24/h5,7-11,16H,3-4,6H2,1-2H3. The number of aromatic nitrogens is 3. The van der Waals surface area contributed by atoms with Crippen molar-refractivity contribution in [2.75, 3.05) is 11.4 Å². The molecule has 1 aliphatic heterocycles. The normalized spacial score (nSPS) is 17.9. The summed E-state index contributed by atoms with van der Waals surface area (Å²) in [6.45, 7) is 2.76.